The maximum atomic E-state index is 10.9. The molecule has 112 valence electrons. The third-order valence-corrected chi connectivity index (χ3v) is 2.42. The van der Waals surface area contributed by atoms with E-state index in [1.54, 1.807) is 6.07 Å². The highest BCUT2D eigenvalue weighted by Gasteiger charge is 2.15. The number of ether oxygens (including phenoxy) is 1. The molecule has 0 unspecified atom stereocenters. The summed E-state index contributed by atoms with van der Waals surface area (Å²) in [6.07, 6.45) is 0. The zero-order valence-corrected chi connectivity index (χ0v) is 12.2. The Morgan fingerprint density at radius 2 is 2.15 bits per heavy atom. The van der Waals surface area contributed by atoms with Crippen LogP contribution >= 0.6 is 0 Å². The topological polar surface area (TPSA) is 89.3 Å². The van der Waals surface area contributed by atoms with E-state index in [9.17, 15) is 10.1 Å². The molecular weight excluding hydrogens is 260 g/mol. The SMILES string of the molecule is CCNc1ccc([N+](=O)[O-])c(NCCOCC(C)C)n1. The van der Waals surface area contributed by atoms with Crippen molar-refractivity contribution in [3.8, 4) is 0 Å². The Kier molecular flexibility index (Phi) is 6.72. The molecule has 20 heavy (non-hydrogen) atoms. The number of rotatable bonds is 9. The monoisotopic (exact) mass is 282 g/mol. The molecule has 0 bridgehead atoms. The fraction of sp³-hybridized carbons (Fsp3) is 0.615. The molecule has 1 aromatic heterocycles. The lowest BCUT2D eigenvalue weighted by Crippen LogP contribution is -2.14. The number of nitrogens with zero attached hydrogens (tertiary/aromatic N) is 2. The first-order chi connectivity index (χ1) is 9.54. The highest BCUT2D eigenvalue weighted by atomic mass is 16.6. The van der Waals surface area contributed by atoms with Gasteiger partial charge in [0.15, 0.2) is 0 Å². The van der Waals surface area contributed by atoms with Crippen molar-refractivity contribution in [3.05, 3.63) is 22.2 Å². The van der Waals surface area contributed by atoms with Crippen LogP contribution in [0.15, 0.2) is 12.1 Å². The van der Waals surface area contributed by atoms with Crippen LogP contribution in [0.25, 0.3) is 0 Å². The molecule has 0 aliphatic carbocycles. The number of anilines is 2. The van der Waals surface area contributed by atoms with E-state index in [0.717, 1.165) is 0 Å². The lowest BCUT2D eigenvalue weighted by atomic mass is 10.2. The summed E-state index contributed by atoms with van der Waals surface area (Å²) in [5, 5.41) is 16.9. The second kappa shape index (κ2) is 8.31. The van der Waals surface area contributed by atoms with Gasteiger partial charge in [-0.25, -0.2) is 4.98 Å². The molecule has 0 atom stereocenters. The van der Waals surface area contributed by atoms with E-state index in [1.807, 2.05) is 6.92 Å². The lowest BCUT2D eigenvalue weighted by molar-refractivity contribution is -0.384. The van der Waals surface area contributed by atoms with Crippen molar-refractivity contribution in [2.24, 2.45) is 5.92 Å². The Labute approximate surface area is 118 Å². The van der Waals surface area contributed by atoms with Crippen molar-refractivity contribution in [1.82, 2.24) is 4.98 Å². The van der Waals surface area contributed by atoms with Gasteiger partial charge in [0.05, 0.1) is 11.5 Å². The predicted octanol–water partition coefficient (Wildman–Crippen LogP) is 2.51. The largest absolute Gasteiger partial charge is 0.379 e. The smallest absolute Gasteiger partial charge is 0.311 e. The van der Waals surface area contributed by atoms with E-state index in [0.29, 0.717) is 38.0 Å². The molecule has 0 saturated carbocycles. The van der Waals surface area contributed by atoms with Crippen LogP contribution < -0.4 is 10.6 Å². The molecule has 0 amide bonds. The van der Waals surface area contributed by atoms with E-state index >= 15 is 0 Å². The maximum Gasteiger partial charge on any atom is 0.311 e. The van der Waals surface area contributed by atoms with Crippen molar-refractivity contribution >= 4 is 17.3 Å². The molecular formula is C13H22N4O3. The predicted molar refractivity (Wildman–Crippen MR) is 79.2 cm³/mol. The average Bonchev–Trinajstić information content (AvgIpc) is 2.38. The molecule has 1 rings (SSSR count). The zero-order chi connectivity index (χ0) is 15.0. The normalized spacial score (nSPS) is 10.6. The highest BCUT2D eigenvalue weighted by molar-refractivity contribution is 5.60. The van der Waals surface area contributed by atoms with E-state index < -0.39 is 4.92 Å². The summed E-state index contributed by atoms with van der Waals surface area (Å²) >= 11 is 0. The van der Waals surface area contributed by atoms with Gasteiger partial charge in [-0.2, -0.15) is 0 Å². The summed E-state index contributed by atoms with van der Waals surface area (Å²) in [5.41, 5.74) is -0.0319. The van der Waals surface area contributed by atoms with Gasteiger partial charge < -0.3 is 15.4 Å². The molecule has 0 aliphatic heterocycles. The van der Waals surface area contributed by atoms with E-state index in [-0.39, 0.29) is 11.5 Å². The molecule has 0 radical (unpaired) electrons. The van der Waals surface area contributed by atoms with E-state index in [4.69, 9.17) is 4.74 Å². The van der Waals surface area contributed by atoms with E-state index in [2.05, 4.69) is 29.5 Å². The number of pyridine rings is 1. The highest BCUT2D eigenvalue weighted by Crippen LogP contribution is 2.23. The van der Waals surface area contributed by atoms with Gasteiger partial charge in [0.2, 0.25) is 5.82 Å². The number of hydrogen-bond donors (Lipinski definition) is 2. The minimum atomic E-state index is -0.444. The third-order valence-electron chi connectivity index (χ3n) is 2.42. The van der Waals surface area contributed by atoms with Gasteiger partial charge in [0, 0.05) is 25.8 Å². The summed E-state index contributed by atoms with van der Waals surface area (Å²) in [6, 6.07) is 3.05. The minimum Gasteiger partial charge on any atom is -0.379 e. The van der Waals surface area contributed by atoms with Crippen LogP contribution in [-0.2, 0) is 4.74 Å². The first-order valence-corrected chi connectivity index (χ1v) is 6.75. The number of hydrogen-bond acceptors (Lipinski definition) is 6. The fourth-order valence-corrected chi connectivity index (χ4v) is 1.57. The fourth-order valence-electron chi connectivity index (χ4n) is 1.57. The summed E-state index contributed by atoms with van der Waals surface area (Å²) in [5.74, 6) is 1.35. The van der Waals surface area contributed by atoms with Gasteiger partial charge in [-0.05, 0) is 18.9 Å². The number of nitrogens with one attached hydrogen (secondary N) is 2. The maximum absolute atomic E-state index is 10.9. The van der Waals surface area contributed by atoms with E-state index in [1.165, 1.54) is 6.07 Å². The Bertz CT molecular complexity index is 438. The number of nitro groups is 1. The summed E-state index contributed by atoms with van der Waals surface area (Å²) in [6.45, 7) is 8.43. The first kappa shape index (κ1) is 16.2. The molecule has 0 aliphatic rings. The van der Waals surface area contributed by atoms with Gasteiger partial charge in [0.25, 0.3) is 0 Å². The molecule has 0 spiro atoms. The van der Waals surface area contributed by atoms with Crippen LogP contribution in [0.5, 0.6) is 0 Å². The van der Waals surface area contributed by atoms with Crippen molar-refractivity contribution in [3.63, 3.8) is 0 Å². The standard InChI is InChI=1S/C13H22N4O3/c1-4-14-12-6-5-11(17(18)19)13(16-12)15-7-8-20-9-10(2)3/h5-6,10H,4,7-9H2,1-3H3,(H2,14,15,16). The van der Waals surface area contributed by atoms with Crippen molar-refractivity contribution in [2.75, 3.05) is 36.9 Å². The van der Waals surface area contributed by atoms with Crippen LogP contribution in [0.3, 0.4) is 0 Å². The molecule has 0 fully saturated rings. The van der Waals surface area contributed by atoms with Gasteiger partial charge in [-0.1, -0.05) is 13.8 Å². The summed E-state index contributed by atoms with van der Waals surface area (Å²) in [7, 11) is 0. The van der Waals surface area contributed by atoms with Gasteiger partial charge in [-0.3, -0.25) is 10.1 Å². The molecule has 1 aromatic rings. The third kappa shape index (κ3) is 5.40. The lowest BCUT2D eigenvalue weighted by Gasteiger charge is -2.10. The Hall–Kier alpha value is -1.89. The van der Waals surface area contributed by atoms with Crippen molar-refractivity contribution in [1.29, 1.82) is 0 Å². The van der Waals surface area contributed by atoms with Gasteiger partial charge in [0.1, 0.15) is 5.82 Å². The first-order valence-electron chi connectivity index (χ1n) is 6.75. The van der Waals surface area contributed by atoms with Crippen LogP contribution in [0.1, 0.15) is 20.8 Å². The van der Waals surface area contributed by atoms with Crippen LogP contribution in [-0.4, -0.2) is 36.2 Å². The quantitative estimate of drug-likeness (QED) is 0.411. The van der Waals surface area contributed by atoms with Crippen molar-refractivity contribution < 1.29 is 9.66 Å². The second-order valence-electron chi connectivity index (χ2n) is 4.75. The molecule has 2 N–H and O–H groups in total. The molecule has 0 saturated heterocycles. The second-order valence-corrected chi connectivity index (χ2v) is 4.75. The van der Waals surface area contributed by atoms with Gasteiger partial charge in [-0.15, -0.1) is 0 Å². The van der Waals surface area contributed by atoms with Crippen LogP contribution in [0, 0.1) is 16.0 Å². The Balaban J connectivity index is 2.60. The zero-order valence-electron chi connectivity index (χ0n) is 12.2. The molecule has 0 aromatic carbocycles. The van der Waals surface area contributed by atoms with Crippen molar-refractivity contribution in [2.45, 2.75) is 20.8 Å². The van der Waals surface area contributed by atoms with Crippen LogP contribution in [0.2, 0.25) is 0 Å². The Morgan fingerprint density at radius 1 is 1.40 bits per heavy atom. The molecule has 1 heterocycles. The summed E-state index contributed by atoms with van der Waals surface area (Å²) in [4.78, 5) is 14.7. The van der Waals surface area contributed by atoms with Crippen LogP contribution in [0.4, 0.5) is 17.3 Å². The molecule has 7 heteroatoms. The number of aromatic nitrogens is 1. The molecule has 7 nitrogen and oxygen atoms in total. The summed E-state index contributed by atoms with van der Waals surface area (Å²) < 4.78 is 5.42. The van der Waals surface area contributed by atoms with Gasteiger partial charge >= 0.3 is 5.69 Å². The minimum absolute atomic E-state index is 0.0319. The average molecular weight is 282 g/mol. The Morgan fingerprint density at radius 3 is 2.75 bits per heavy atom.